The van der Waals surface area contributed by atoms with Crippen LogP contribution in [0.4, 0.5) is 5.69 Å². The number of hydrogen-bond acceptors (Lipinski definition) is 13. The highest BCUT2D eigenvalue weighted by atomic mass is 16.7. The number of carbonyl (C=O) groups is 4. The van der Waals surface area contributed by atoms with Crippen LogP contribution >= 0.6 is 0 Å². The number of Topliss-reactive ketones (excluding diaryl/α,β-unsaturated/α-hetero) is 1. The molecule has 6 N–H and O–H groups in total. The Labute approximate surface area is 307 Å². The smallest absolute Gasteiger partial charge is 0.314 e. The Morgan fingerprint density at radius 2 is 1.57 bits per heavy atom. The van der Waals surface area contributed by atoms with Gasteiger partial charge in [0, 0.05) is 47.0 Å². The van der Waals surface area contributed by atoms with Crippen molar-refractivity contribution in [1.82, 2.24) is 0 Å². The zero-order valence-corrected chi connectivity index (χ0v) is 31.1. The van der Waals surface area contributed by atoms with Crippen molar-refractivity contribution >= 4 is 34.9 Å². The van der Waals surface area contributed by atoms with Crippen LogP contribution in [0.5, 0.6) is 11.5 Å². The number of esters is 2. The predicted molar refractivity (Wildman–Crippen MR) is 190 cm³/mol. The number of anilines is 1. The molecule has 0 aromatic heterocycles. The van der Waals surface area contributed by atoms with Gasteiger partial charge in [-0.15, -0.1) is 0 Å². The first kappa shape index (κ1) is 39.4. The molecular weight excluding hydrogens is 690 g/mol. The Balaban J connectivity index is 1.79. The molecule has 9 unspecified atom stereocenters. The molecule has 14 nitrogen and oxygen atoms in total. The van der Waals surface area contributed by atoms with Gasteiger partial charge in [0.15, 0.2) is 11.5 Å². The van der Waals surface area contributed by atoms with Crippen molar-refractivity contribution in [2.45, 2.75) is 92.3 Å². The predicted octanol–water partition coefficient (Wildman–Crippen LogP) is 3.50. The molecule has 0 radical (unpaired) electrons. The summed E-state index contributed by atoms with van der Waals surface area (Å²) >= 11 is 0. The van der Waals surface area contributed by atoms with Crippen LogP contribution in [0.1, 0.15) is 76.9 Å². The van der Waals surface area contributed by atoms with Gasteiger partial charge < -0.3 is 49.8 Å². The molecule has 6 aliphatic heterocycles. The second-order valence-electron chi connectivity index (χ2n) is 14.6. The van der Waals surface area contributed by atoms with Crippen LogP contribution < -0.4 is 10.1 Å². The maximum Gasteiger partial charge on any atom is 0.314 e. The Bertz CT molecular complexity index is 1910. The van der Waals surface area contributed by atoms with Crippen LogP contribution in [0.15, 0.2) is 52.5 Å². The van der Waals surface area contributed by atoms with Crippen LogP contribution in [0, 0.1) is 30.6 Å². The van der Waals surface area contributed by atoms with Gasteiger partial charge in [0.1, 0.15) is 34.9 Å². The van der Waals surface area contributed by atoms with E-state index in [0.717, 1.165) is 6.92 Å². The third-order valence-corrected chi connectivity index (χ3v) is 10.6. The largest absolute Gasteiger partial charge is 0.505 e. The number of ketones is 1. The number of allylic oxidation sites excluding steroid dienone is 5. The molecule has 1 fully saturated rings. The van der Waals surface area contributed by atoms with Crippen molar-refractivity contribution in [1.29, 1.82) is 0 Å². The molecule has 286 valence electrons. The van der Waals surface area contributed by atoms with Gasteiger partial charge in [-0.05, 0) is 46.3 Å². The minimum Gasteiger partial charge on any atom is -0.505 e. The lowest BCUT2D eigenvalue weighted by molar-refractivity contribution is -0.198. The number of ether oxygens (including phenoxy) is 4. The van der Waals surface area contributed by atoms with E-state index in [1.807, 2.05) is 0 Å². The summed E-state index contributed by atoms with van der Waals surface area (Å²) in [5.41, 5.74) is -2.02. The second kappa shape index (κ2) is 14.6. The average Bonchev–Trinajstić information content (AvgIpc) is 3.09. The Morgan fingerprint density at radius 1 is 0.943 bits per heavy atom. The fourth-order valence-corrected chi connectivity index (χ4v) is 7.55. The fourth-order valence-electron chi connectivity index (χ4n) is 7.55. The Kier molecular flexibility index (Phi) is 10.8. The number of nitrogens with one attached hydrogen (secondary N) is 1. The zero-order valence-electron chi connectivity index (χ0n) is 31.1. The number of phenolic OH excluding ortho intramolecular Hbond substituents is 1. The summed E-state index contributed by atoms with van der Waals surface area (Å²) < 4.78 is 23.1. The molecule has 6 heterocycles. The van der Waals surface area contributed by atoms with E-state index >= 15 is 0 Å². The first-order valence-corrected chi connectivity index (χ1v) is 17.4. The quantitative estimate of drug-likeness (QED) is 0.138. The van der Waals surface area contributed by atoms with Crippen LogP contribution in [-0.2, 0) is 28.6 Å². The second-order valence-corrected chi connectivity index (χ2v) is 14.6. The maximum atomic E-state index is 13.9. The number of benzene rings is 1. The number of carbonyl (C=O) groups excluding carboxylic acids is 4. The molecule has 53 heavy (non-hydrogen) atoms. The van der Waals surface area contributed by atoms with Gasteiger partial charge in [-0.2, -0.15) is 0 Å². The first-order chi connectivity index (χ1) is 24.7. The molecular formula is C39H47NO13. The standard InChI is InChI=1S/C39H47NO13/c1-15-11-10-12-16(2)37(47)40-27-18(4)35(52-22(8)41)23-24(31(27)45)28(42)20(6)34-25(23)33(50-14-51-34)17(3)13-39(9,49)36(46)21(7)30(44)26-29(43)19(5)32(15)53-38(26)48/h10-13,15,19,21,26,29-30,32,36,43-46,49H,14H2,1-9H3,(H,40,47)/b11-10-,16-12-,17-13-. The molecule has 1 amide bonds. The lowest BCUT2D eigenvalue weighted by Gasteiger charge is -2.43. The minimum absolute atomic E-state index is 0.0354. The average molecular weight is 738 g/mol. The summed E-state index contributed by atoms with van der Waals surface area (Å²) in [5.74, 6) is -7.39. The number of amides is 1. The lowest BCUT2D eigenvalue weighted by Crippen LogP contribution is -2.57. The third-order valence-electron chi connectivity index (χ3n) is 10.6. The number of rotatable bonds is 1. The van der Waals surface area contributed by atoms with E-state index in [2.05, 4.69) is 5.32 Å². The molecule has 1 aliphatic carbocycles. The molecule has 0 spiro atoms. The van der Waals surface area contributed by atoms with Crippen molar-refractivity contribution < 1.29 is 63.7 Å². The van der Waals surface area contributed by atoms with Gasteiger partial charge in [0.05, 0.1) is 35.1 Å². The molecule has 14 heteroatoms. The van der Waals surface area contributed by atoms with Gasteiger partial charge in [-0.1, -0.05) is 39.0 Å². The van der Waals surface area contributed by atoms with Crippen molar-refractivity contribution in [2.75, 3.05) is 12.1 Å². The maximum absolute atomic E-state index is 13.9. The highest BCUT2D eigenvalue weighted by Crippen LogP contribution is 2.53. The molecule has 7 aliphatic rings. The number of phenols is 1. The first-order valence-electron chi connectivity index (χ1n) is 17.4. The molecule has 1 aromatic carbocycles. The molecule has 9 atom stereocenters. The van der Waals surface area contributed by atoms with Gasteiger partial charge in [-0.25, -0.2) is 0 Å². The van der Waals surface area contributed by atoms with E-state index in [0.29, 0.717) is 0 Å². The van der Waals surface area contributed by atoms with E-state index in [-0.39, 0.29) is 68.7 Å². The van der Waals surface area contributed by atoms with Gasteiger partial charge >= 0.3 is 11.9 Å². The minimum atomic E-state index is -2.10. The van der Waals surface area contributed by atoms with Gasteiger partial charge in [0.2, 0.25) is 6.79 Å². The lowest BCUT2D eigenvalue weighted by atomic mass is 9.73. The van der Waals surface area contributed by atoms with Crippen molar-refractivity contribution in [3.8, 4) is 11.5 Å². The molecule has 8 rings (SSSR count). The van der Waals surface area contributed by atoms with Crippen LogP contribution in [0.25, 0.3) is 5.57 Å². The summed E-state index contributed by atoms with van der Waals surface area (Å²) in [7, 11) is 0. The number of aromatic hydroxyl groups is 1. The number of hydrogen-bond donors (Lipinski definition) is 6. The zero-order chi connectivity index (χ0) is 39.4. The summed E-state index contributed by atoms with van der Waals surface area (Å²) in [5, 5.41) is 60.2. The normalized spacial score (nSPS) is 34.9. The molecule has 1 saturated heterocycles. The summed E-state index contributed by atoms with van der Waals surface area (Å²) in [4.78, 5) is 53.2. The van der Waals surface area contributed by atoms with E-state index in [4.69, 9.17) is 18.9 Å². The molecule has 6 bridgehead atoms. The van der Waals surface area contributed by atoms with Crippen molar-refractivity contribution in [3.05, 3.63) is 69.2 Å². The third kappa shape index (κ3) is 6.92. The summed E-state index contributed by atoms with van der Waals surface area (Å²) in [6.45, 7) is 12.9. The van der Waals surface area contributed by atoms with E-state index in [1.54, 1.807) is 32.9 Å². The molecule has 1 aromatic rings. The fraction of sp³-hybridized carbons (Fsp3) is 0.487. The monoisotopic (exact) mass is 737 g/mol. The van der Waals surface area contributed by atoms with E-state index in [9.17, 15) is 44.7 Å². The van der Waals surface area contributed by atoms with Crippen LogP contribution in [-0.4, -0.2) is 86.0 Å². The van der Waals surface area contributed by atoms with E-state index < -0.39 is 83.1 Å². The van der Waals surface area contributed by atoms with Crippen molar-refractivity contribution in [3.63, 3.8) is 0 Å². The van der Waals surface area contributed by atoms with E-state index in [1.165, 1.54) is 46.8 Å². The van der Waals surface area contributed by atoms with Crippen LogP contribution in [0.3, 0.4) is 0 Å². The van der Waals surface area contributed by atoms with Gasteiger partial charge in [-0.3, -0.25) is 19.2 Å². The summed E-state index contributed by atoms with van der Waals surface area (Å²) in [6.07, 6.45) is 0.468. The van der Waals surface area contributed by atoms with Crippen molar-refractivity contribution in [2.24, 2.45) is 23.7 Å². The Morgan fingerprint density at radius 3 is 2.21 bits per heavy atom. The Hall–Kier alpha value is -4.76. The number of aliphatic hydroxyl groups is 4. The molecule has 0 saturated carbocycles. The number of aliphatic hydroxyl groups excluding tert-OH is 3. The highest BCUT2D eigenvalue weighted by Gasteiger charge is 2.51. The SMILES string of the molecule is CC(=O)Oc1c(C)c2c(O)c3c1C1=C(OCOC1=C(C)C3=O)/C(C)=C\C(C)(O)C(O)C(C)C(O)C1C(=O)OC(C(C)/C=C\C=C(\C)C(=O)N2)C(C)C1O. The van der Waals surface area contributed by atoms with Gasteiger partial charge in [0.25, 0.3) is 5.91 Å². The summed E-state index contributed by atoms with van der Waals surface area (Å²) in [6, 6.07) is 0. The topological polar surface area (TPSA) is 218 Å². The highest BCUT2D eigenvalue weighted by molar-refractivity contribution is 6.21. The van der Waals surface area contributed by atoms with Crippen LogP contribution in [0.2, 0.25) is 0 Å².